The smallest absolute Gasteiger partial charge is 0.184 e. The van der Waals surface area contributed by atoms with Crippen molar-refractivity contribution >= 4 is 40.4 Å². The minimum Gasteiger partial charge on any atom is -0.303 e. The lowest BCUT2D eigenvalue weighted by Crippen LogP contribution is -2.47. The Bertz CT molecular complexity index is 973. The molecule has 5 nitrogen and oxygen atoms in total. The molecule has 0 aliphatic carbocycles. The van der Waals surface area contributed by atoms with Crippen LogP contribution in [-0.2, 0) is 0 Å². The van der Waals surface area contributed by atoms with E-state index in [0.717, 1.165) is 33.7 Å². The van der Waals surface area contributed by atoms with Gasteiger partial charge in [-0.15, -0.1) is 23.7 Å². The first-order chi connectivity index (χ1) is 12.7. The number of rotatable bonds is 4. The van der Waals surface area contributed by atoms with E-state index in [0.29, 0.717) is 24.0 Å². The summed E-state index contributed by atoms with van der Waals surface area (Å²) >= 11 is 1.64. The van der Waals surface area contributed by atoms with Crippen LogP contribution < -0.4 is 0 Å². The number of hydrogen-bond acceptors (Lipinski definition) is 5. The minimum absolute atomic E-state index is 0. The maximum absolute atomic E-state index is 12.9. The molecule has 5 heterocycles. The second kappa shape index (κ2) is 7.34. The summed E-state index contributed by atoms with van der Waals surface area (Å²) in [4.78, 5) is 20.0. The van der Waals surface area contributed by atoms with Gasteiger partial charge in [-0.05, 0) is 56.8 Å². The third-order valence-corrected chi connectivity index (χ3v) is 6.94. The van der Waals surface area contributed by atoms with Crippen molar-refractivity contribution in [2.75, 3.05) is 19.6 Å². The predicted molar refractivity (Wildman–Crippen MR) is 111 cm³/mol. The van der Waals surface area contributed by atoms with Crippen LogP contribution in [-0.4, -0.2) is 45.5 Å². The Morgan fingerprint density at radius 1 is 1.33 bits per heavy atom. The molecule has 1 aromatic carbocycles. The topological polar surface area (TPSA) is 61.9 Å². The van der Waals surface area contributed by atoms with Crippen molar-refractivity contribution in [1.29, 1.82) is 0 Å². The van der Waals surface area contributed by atoms with Gasteiger partial charge in [0.1, 0.15) is 10.7 Å². The highest BCUT2D eigenvalue weighted by molar-refractivity contribution is 7.13. The molecule has 2 aromatic heterocycles. The maximum atomic E-state index is 12.9. The maximum Gasteiger partial charge on any atom is 0.184 e. The number of carbonyl (C=O) groups is 1. The number of Topliss-reactive ketones (excluding diaryl/α,β-unsaturated/α-hetero) is 1. The second-order valence-electron chi connectivity index (χ2n) is 7.65. The van der Waals surface area contributed by atoms with E-state index in [1.54, 1.807) is 11.3 Å². The molecule has 3 fully saturated rings. The van der Waals surface area contributed by atoms with Crippen LogP contribution >= 0.6 is 23.7 Å². The van der Waals surface area contributed by atoms with Gasteiger partial charge in [0.05, 0.1) is 5.52 Å². The number of aromatic nitrogens is 3. The molecule has 0 amide bonds. The number of carbonyl (C=O) groups excluding carboxylic acids is 1. The number of aryl methyl sites for hydroxylation is 1. The summed E-state index contributed by atoms with van der Waals surface area (Å²) in [6.07, 6.45) is 3.11. The van der Waals surface area contributed by atoms with E-state index in [1.807, 2.05) is 25.1 Å². The Kier molecular flexibility index (Phi) is 5.05. The van der Waals surface area contributed by atoms with Crippen molar-refractivity contribution in [2.24, 2.45) is 11.8 Å². The molecule has 2 bridgehead atoms. The first-order valence-electron chi connectivity index (χ1n) is 9.33. The van der Waals surface area contributed by atoms with Crippen molar-refractivity contribution in [3.8, 4) is 10.6 Å². The molecular weight excluding hydrogens is 380 g/mol. The van der Waals surface area contributed by atoms with Crippen LogP contribution in [0.1, 0.15) is 35.4 Å². The van der Waals surface area contributed by atoms with E-state index in [4.69, 9.17) is 0 Å². The summed E-state index contributed by atoms with van der Waals surface area (Å²) in [5.41, 5.74) is 3.60. The monoisotopic (exact) mass is 402 g/mol. The normalized spacial score (nSPS) is 24.1. The summed E-state index contributed by atoms with van der Waals surface area (Å²) in [7, 11) is 0. The lowest BCUT2D eigenvalue weighted by Gasteiger charge is -2.44. The molecule has 142 valence electrons. The van der Waals surface area contributed by atoms with Gasteiger partial charge in [-0.1, -0.05) is 6.07 Å². The van der Waals surface area contributed by atoms with E-state index >= 15 is 0 Å². The fraction of sp³-hybridized carbons (Fsp3) is 0.450. The fourth-order valence-electron chi connectivity index (χ4n) is 4.51. The van der Waals surface area contributed by atoms with Crippen LogP contribution in [0, 0.1) is 18.8 Å². The van der Waals surface area contributed by atoms with Crippen LogP contribution in [0.15, 0.2) is 23.6 Å². The molecule has 0 spiro atoms. The first-order valence-corrected chi connectivity index (χ1v) is 10.2. The van der Waals surface area contributed by atoms with Crippen LogP contribution in [0.4, 0.5) is 0 Å². The first kappa shape index (κ1) is 18.6. The van der Waals surface area contributed by atoms with Crippen LogP contribution in [0.5, 0.6) is 0 Å². The van der Waals surface area contributed by atoms with Crippen molar-refractivity contribution in [3.05, 3.63) is 35.0 Å². The van der Waals surface area contributed by atoms with Gasteiger partial charge in [-0.2, -0.15) is 5.10 Å². The third kappa shape index (κ3) is 3.42. The van der Waals surface area contributed by atoms with Gasteiger partial charge in [-0.3, -0.25) is 9.89 Å². The summed E-state index contributed by atoms with van der Waals surface area (Å²) in [5.74, 6) is 1.39. The number of piperidine rings is 3. The van der Waals surface area contributed by atoms with Gasteiger partial charge >= 0.3 is 0 Å². The van der Waals surface area contributed by atoms with Crippen molar-refractivity contribution in [1.82, 2.24) is 20.1 Å². The molecular formula is C20H23ClN4OS. The molecule has 3 aliphatic rings. The Morgan fingerprint density at radius 3 is 2.81 bits per heavy atom. The number of H-pyrrole nitrogens is 1. The lowest BCUT2D eigenvalue weighted by atomic mass is 9.76. The third-order valence-electron chi connectivity index (χ3n) is 5.93. The standard InChI is InChI=1S/C20H22N4OS.ClH/c1-12-11-26-20(21-12)14-2-3-16-17(8-14)22-23-19(16)18(25)9-15-10-24-6-4-13(15)5-7-24;/h2-3,8,11,13,15H,4-7,9-10H2,1H3,(H,22,23);1H/t15-;/m1./s1. The Hall–Kier alpha value is -1.76. The van der Waals surface area contributed by atoms with Gasteiger partial charge in [0.2, 0.25) is 0 Å². The van der Waals surface area contributed by atoms with Gasteiger partial charge in [0, 0.05) is 35.0 Å². The van der Waals surface area contributed by atoms with E-state index in [1.165, 1.54) is 25.9 Å². The average Bonchev–Trinajstić information content (AvgIpc) is 3.28. The summed E-state index contributed by atoms with van der Waals surface area (Å²) in [5, 5.41) is 11.4. The molecule has 6 rings (SSSR count). The van der Waals surface area contributed by atoms with Gasteiger partial charge < -0.3 is 4.90 Å². The van der Waals surface area contributed by atoms with Crippen molar-refractivity contribution in [2.45, 2.75) is 26.2 Å². The number of fused-ring (bicyclic) bond motifs is 4. The quantitative estimate of drug-likeness (QED) is 0.659. The van der Waals surface area contributed by atoms with Gasteiger partial charge in [0.15, 0.2) is 5.78 Å². The van der Waals surface area contributed by atoms with Crippen molar-refractivity contribution in [3.63, 3.8) is 0 Å². The van der Waals surface area contributed by atoms with E-state index in [2.05, 4.69) is 25.5 Å². The number of halogens is 1. The molecule has 1 atom stereocenters. The highest BCUT2D eigenvalue weighted by Crippen LogP contribution is 2.35. The zero-order valence-corrected chi connectivity index (χ0v) is 16.9. The summed E-state index contributed by atoms with van der Waals surface area (Å²) in [6.45, 7) is 5.49. The van der Waals surface area contributed by atoms with Crippen LogP contribution in [0.25, 0.3) is 21.5 Å². The highest BCUT2D eigenvalue weighted by atomic mass is 35.5. The second-order valence-corrected chi connectivity index (χ2v) is 8.51. The zero-order chi connectivity index (χ0) is 17.7. The summed E-state index contributed by atoms with van der Waals surface area (Å²) in [6, 6.07) is 6.10. The number of hydrogen-bond donors (Lipinski definition) is 1. The Labute approximate surface area is 168 Å². The molecule has 7 heteroatoms. The molecule has 27 heavy (non-hydrogen) atoms. The Balaban J connectivity index is 0.00000180. The van der Waals surface area contributed by atoms with E-state index in [9.17, 15) is 4.79 Å². The lowest BCUT2D eigenvalue weighted by molar-refractivity contribution is 0.0440. The molecule has 3 aromatic rings. The number of thiazole rings is 1. The SMILES string of the molecule is Cc1csc(-c2ccc3c(C(=O)C[C@@H]4CN5CCC4CC5)n[nH]c3c2)n1.Cl. The number of benzene rings is 1. The molecule has 3 saturated heterocycles. The number of nitrogens with zero attached hydrogens (tertiary/aromatic N) is 3. The number of ketones is 1. The van der Waals surface area contributed by atoms with Crippen LogP contribution in [0.2, 0.25) is 0 Å². The molecule has 0 radical (unpaired) electrons. The Morgan fingerprint density at radius 2 is 2.15 bits per heavy atom. The fourth-order valence-corrected chi connectivity index (χ4v) is 5.30. The van der Waals surface area contributed by atoms with E-state index in [-0.39, 0.29) is 18.2 Å². The molecule has 0 saturated carbocycles. The molecule has 0 unspecified atom stereocenters. The van der Waals surface area contributed by atoms with Gasteiger partial charge in [-0.25, -0.2) is 4.98 Å². The number of nitrogens with one attached hydrogen (secondary N) is 1. The number of aromatic amines is 1. The van der Waals surface area contributed by atoms with E-state index < -0.39 is 0 Å². The predicted octanol–water partition coefficient (Wildman–Crippen LogP) is 4.33. The summed E-state index contributed by atoms with van der Waals surface area (Å²) < 4.78 is 0. The largest absolute Gasteiger partial charge is 0.303 e. The van der Waals surface area contributed by atoms with Crippen LogP contribution in [0.3, 0.4) is 0 Å². The van der Waals surface area contributed by atoms with Crippen molar-refractivity contribution < 1.29 is 4.79 Å². The average molecular weight is 403 g/mol. The van der Waals surface area contributed by atoms with Gasteiger partial charge in [0.25, 0.3) is 0 Å². The molecule has 1 N–H and O–H groups in total. The zero-order valence-electron chi connectivity index (χ0n) is 15.3. The molecule has 3 aliphatic heterocycles. The highest BCUT2D eigenvalue weighted by Gasteiger charge is 2.35. The minimum atomic E-state index is 0.